The molecule has 35 heavy (non-hydrogen) atoms. The monoisotopic (exact) mass is 608 g/mol. The summed E-state index contributed by atoms with van der Waals surface area (Å²) in [5.41, 5.74) is 5.62. The number of nitrogens with one attached hydrogen (secondary N) is 1. The van der Waals surface area contributed by atoms with Gasteiger partial charge in [-0.25, -0.2) is 4.98 Å². The number of halogens is 1. The maximum atomic E-state index is 13.5. The molecule has 186 valence electrons. The summed E-state index contributed by atoms with van der Waals surface area (Å²) in [6.45, 7) is 8.11. The number of hydrogen-bond acceptors (Lipinski definition) is 7. The molecular weight excluding hydrogens is 579 g/mol. The van der Waals surface area contributed by atoms with E-state index in [1.807, 2.05) is 44.5 Å². The second-order valence-electron chi connectivity index (χ2n) is 9.29. The van der Waals surface area contributed by atoms with Crippen LogP contribution in [0, 0.1) is 23.3 Å². The summed E-state index contributed by atoms with van der Waals surface area (Å²) < 4.78 is 6.47. The Bertz CT molecular complexity index is 1220. The number of carbonyl (C=O) groups excluding carboxylic acids is 2. The number of hydrogen-bond donors (Lipinski definition) is 2. The van der Waals surface area contributed by atoms with Gasteiger partial charge in [-0.05, 0) is 54.0 Å². The zero-order chi connectivity index (χ0) is 25.3. The van der Waals surface area contributed by atoms with E-state index in [0.29, 0.717) is 18.0 Å². The number of aliphatic hydroxyl groups is 1. The van der Waals surface area contributed by atoms with Crippen LogP contribution in [0.4, 0.5) is 0 Å². The lowest BCUT2D eigenvalue weighted by Crippen LogP contribution is -2.48. The molecular formula is C25H29IN4O4S. The summed E-state index contributed by atoms with van der Waals surface area (Å²) in [7, 11) is 0. The highest BCUT2D eigenvalue weighted by molar-refractivity contribution is 14.1. The van der Waals surface area contributed by atoms with E-state index < -0.39 is 18.1 Å². The number of thiazole rings is 1. The Hall–Kier alpha value is -2.31. The largest absolute Gasteiger partial charge is 0.391 e. The smallest absolute Gasteiger partial charge is 0.243 e. The SMILES string of the molecule is Cc1cc([C@H](C(=O)N2C[C@H](O)C[C@H]2C(=O)NCc2ccc(-c3scnc3C)c(I)c2)C(C)C)on1. The van der Waals surface area contributed by atoms with E-state index in [9.17, 15) is 14.7 Å². The van der Waals surface area contributed by atoms with E-state index in [1.54, 1.807) is 24.3 Å². The summed E-state index contributed by atoms with van der Waals surface area (Å²) in [6.07, 6.45) is -0.541. The van der Waals surface area contributed by atoms with Gasteiger partial charge in [0.25, 0.3) is 0 Å². The number of aromatic nitrogens is 2. The summed E-state index contributed by atoms with van der Waals surface area (Å²) in [4.78, 5) is 33.6. The van der Waals surface area contributed by atoms with Crippen LogP contribution in [0.3, 0.4) is 0 Å². The van der Waals surface area contributed by atoms with Crippen molar-refractivity contribution in [2.75, 3.05) is 6.54 Å². The van der Waals surface area contributed by atoms with Gasteiger partial charge in [0.1, 0.15) is 17.7 Å². The van der Waals surface area contributed by atoms with E-state index in [4.69, 9.17) is 4.52 Å². The van der Waals surface area contributed by atoms with Gasteiger partial charge in [-0.1, -0.05) is 31.1 Å². The third kappa shape index (κ3) is 5.59. The molecule has 0 spiro atoms. The maximum absolute atomic E-state index is 13.5. The molecule has 8 nitrogen and oxygen atoms in total. The Balaban J connectivity index is 1.46. The van der Waals surface area contributed by atoms with Crippen LogP contribution in [-0.4, -0.2) is 50.7 Å². The van der Waals surface area contributed by atoms with Crippen LogP contribution in [0.15, 0.2) is 34.3 Å². The van der Waals surface area contributed by atoms with E-state index in [2.05, 4.69) is 38.0 Å². The van der Waals surface area contributed by atoms with Crippen LogP contribution in [0.25, 0.3) is 10.4 Å². The quantitative estimate of drug-likeness (QED) is 0.393. The zero-order valence-electron chi connectivity index (χ0n) is 20.1. The van der Waals surface area contributed by atoms with Crippen molar-refractivity contribution in [1.29, 1.82) is 0 Å². The first-order valence-electron chi connectivity index (χ1n) is 11.5. The summed E-state index contributed by atoms with van der Waals surface area (Å²) >= 11 is 3.91. The Labute approximate surface area is 222 Å². The van der Waals surface area contributed by atoms with Crippen molar-refractivity contribution in [3.8, 4) is 10.4 Å². The molecule has 3 aromatic rings. The summed E-state index contributed by atoms with van der Waals surface area (Å²) in [6, 6.07) is 7.10. The van der Waals surface area contributed by atoms with E-state index in [1.165, 1.54) is 4.90 Å². The molecule has 0 saturated carbocycles. The lowest BCUT2D eigenvalue weighted by atomic mass is 9.91. The van der Waals surface area contributed by atoms with Crippen LogP contribution in [0.5, 0.6) is 0 Å². The van der Waals surface area contributed by atoms with Gasteiger partial charge in [0.05, 0.1) is 27.9 Å². The van der Waals surface area contributed by atoms with Crippen LogP contribution < -0.4 is 5.32 Å². The predicted molar refractivity (Wildman–Crippen MR) is 142 cm³/mol. The van der Waals surface area contributed by atoms with Crippen molar-refractivity contribution in [2.24, 2.45) is 5.92 Å². The van der Waals surface area contributed by atoms with Gasteiger partial charge in [0.15, 0.2) is 0 Å². The number of aliphatic hydroxyl groups excluding tert-OH is 1. The minimum absolute atomic E-state index is 0.0564. The molecule has 10 heteroatoms. The lowest BCUT2D eigenvalue weighted by Gasteiger charge is -2.28. The average molecular weight is 609 g/mol. The molecule has 1 aliphatic rings. The fourth-order valence-electron chi connectivity index (χ4n) is 4.47. The number of aryl methyl sites for hydroxylation is 2. The fraction of sp³-hybridized carbons (Fsp3) is 0.440. The number of likely N-dealkylation sites (tertiary alicyclic amines) is 1. The lowest BCUT2D eigenvalue weighted by molar-refractivity contribution is -0.141. The zero-order valence-corrected chi connectivity index (χ0v) is 23.1. The highest BCUT2D eigenvalue weighted by Crippen LogP contribution is 2.33. The van der Waals surface area contributed by atoms with Crippen LogP contribution in [0.1, 0.15) is 48.9 Å². The minimum atomic E-state index is -0.748. The van der Waals surface area contributed by atoms with Gasteiger partial charge < -0.3 is 19.8 Å². The van der Waals surface area contributed by atoms with Gasteiger partial charge in [-0.15, -0.1) is 11.3 Å². The number of β-amino-alcohol motifs (C(OH)–C–C–N with tert-alkyl or cyclic N) is 1. The van der Waals surface area contributed by atoms with Gasteiger partial charge in [-0.2, -0.15) is 0 Å². The Morgan fingerprint density at radius 2 is 2.09 bits per heavy atom. The number of amides is 2. The fourth-order valence-corrected chi connectivity index (χ4v) is 6.35. The topological polar surface area (TPSA) is 109 Å². The van der Waals surface area contributed by atoms with Crippen LogP contribution in [-0.2, 0) is 16.1 Å². The van der Waals surface area contributed by atoms with Crippen molar-refractivity contribution in [3.63, 3.8) is 0 Å². The molecule has 2 amide bonds. The predicted octanol–water partition coefficient (Wildman–Crippen LogP) is 4.04. The van der Waals surface area contributed by atoms with E-state index in [-0.39, 0.29) is 30.7 Å². The molecule has 3 heterocycles. The second-order valence-corrected chi connectivity index (χ2v) is 11.3. The molecule has 1 aromatic carbocycles. The van der Waals surface area contributed by atoms with E-state index in [0.717, 1.165) is 25.3 Å². The minimum Gasteiger partial charge on any atom is -0.391 e. The standard InChI is InChI=1S/C25H29IN4O4S/c1-13(2)22(21-7-14(3)29-34-21)25(33)30-11-17(31)9-20(30)24(32)27-10-16-5-6-18(19(26)8-16)23-15(4)28-12-35-23/h5-8,12-13,17,20,22,31H,9-11H2,1-4H3,(H,27,32)/t17-,20+,22-/m1/s1. The molecule has 2 aromatic heterocycles. The molecule has 1 saturated heterocycles. The normalized spacial score (nSPS) is 18.8. The first kappa shape index (κ1) is 25.8. The maximum Gasteiger partial charge on any atom is 0.243 e. The highest BCUT2D eigenvalue weighted by Gasteiger charge is 2.43. The first-order chi connectivity index (χ1) is 16.7. The van der Waals surface area contributed by atoms with Gasteiger partial charge in [0, 0.05) is 34.7 Å². The third-order valence-corrected chi connectivity index (χ3v) is 8.09. The molecule has 0 aliphatic carbocycles. The Morgan fingerprint density at radius 3 is 2.69 bits per heavy atom. The molecule has 1 fully saturated rings. The molecule has 4 rings (SSSR count). The van der Waals surface area contributed by atoms with Gasteiger partial charge in [0.2, 0.25) is 11.8 Å². The molecule has 0 unspecified atom stereocenters. The Morgan fingerprint density at radius 1 is 1.31 bits per heavy atom. The first-order valence-corrected chi connectivity index (χ1v) is 13.5. The van der Waals surface area contributed by atoms with Crippen molar-refractivity contribution in [1.82, 2.24) is 20.4 Å². The van der Waals surface area contributed by atoms with Gasteiger partial charge >= 0.3 is 0 Å². The molecule has 1 aliphatic heterocycles. The van der Waals surface area contributed by atoms with Crippen molar-refractivity contribution in [3.05, 3.63) is 56.1 Å². The highest BCUT2D eigenvalue weighted by atomic mass is 127. The average Bonchev–Trinajstić information content (AvgIpc) is 3.52. The Kier molecular flexibility index (Phi) is 7.92. The van der Waals surface area contributed by atoms with Crippen LogP contribution in [0.2, 0.25) is 0 Å². The molecule has 0 bridgehead atoms. The van der Waals surface area contributed by atoms with Crippen molar-refractivity contribution < 1.29 is 19.2 Å². The summed E-state index contributed by atoms with van der Waals surface area (Å²) in [5.74, 6) is -0.649. The molecule has 2 N–H and O–H groups in total. The number of benzene rings is 1. The second kappa shape index (κ2) is 10.8. The van der Waals surface area contributed by atoms with Crippen molar-refractivity contribution in [2.45, 2.75) is 58.7 Å². The number of rotatable bonds is 7. The van der Waals surface area contributed by atoms with E-state index >= 15 is 0 Å². The van der Waals surface area contributed by atoms with Crippen LogP contribution >= 0.6 is 33.9 Å². The molecule has 3 atom stereocenters. The third-order valence-electron chi connectivity index (χ3n) is 6.24. The summed E-state index contributed by atoms with van der Waals surface area (Å²) in [5, 5.41) is 17.2. The van der Waals surface area contributed by atoms with Crippen molar-refractivity contribution >= 4 is 45.7 Å². The number of nitrogens with zero attached hydrogens (tertiary/aromatic N) is 3. The number of carbonyl (C=O) groups is 2. The molecule has 0 radical (unpaired) electrons. The van der Waals surface area contributed by atoms with Gasteiger partial charge in [-0.3, -0.25) is 9.59 Å².